The summed E-state index contributed by atoms with van der Waals surface area (Å²) < 4.78 is 13.5. The lowest BCUT2D eigenvalue weighted by molar-refractivity contribution is -0.165. The van der Waals surface area contributed by atoms with Crippen molar-refractivity contribution >= 4 is 10.9 Å². The van der Waals surface area contributed by atoms with Crippen LogP contribution in [0.1, 0.15) is 35.5 Å². The van der Waals surface area contributed by atoms with E-state index in [-0.39, 0.29) is 5.56 Å². The number of hydrogen-bond donors (Lipinski definition) is 0. The summed E-state index contributed by atoms with van der Waals surface area (Å²) in [5.74, 6) is 6.43. The fourth-order valence-corrected chi connectivity index (χ4v) is 4.00. The van der Waals surface area contributed by atoms with Crippen molar-refractivity contribution in [3.05, 3.63) is 69.5 Å². The Morgan fingerprint density at radius 2 is 1.97 bits per heavy atom. The van der Waals surface area contributed by atoms with Crippen molar-refractivity contribution in [3.63, 3.8) is 0 Å². The summed E-state index contributed by atoms with van der Waals surface area (Å²) in [6, 6.07) is 9.44. The Bertz CT molecular complexity index is 1210. The number of fused-ring (bicyclic) bond motifs is 2. The molecule has 1 aromatic carbocycles. The predicted molar refractivity (Wildman–Crippen MR) is 109 cm³/mol. The number of nitrogens with zero attached hydrogens (tertiary/aromatic N) is 3. The maximum Gasteiger partial charge on any atom is 0.261 e. The highest BCUT2D eigenvalue weighted by Gasteiger charge is 2.38. The third-order valence-corrected chi connectivity index (χ3v) is 5.54. The van der Waals surface area contributed by atoms with Gasteiger partial charge in [-0.2, -0.15) is 0 Å². The van der Waals surface area contributed by atoms with Crippen LogP contribution in [-0.2, 0) is 22.4 Å². The predicted octanol–water partition coefficient (Wildman–Crippen LogP) is 2.58. The van der Waals surface area contributed by atoms with Gasteiger partial charge >= 0.3 is 0 Å². The summed E-state index contributed by atoms with van der Waals surface area (Å²) in [6.45, 7) is 3.78. The summed E-state index contributed by atoms with van der Waals surface area (Å²) in [6.07, 6.45) is 3.78. The third kappa shape index (κ3) is 3.44. The number of aromatic nitrogens is 3. The van der Waals surface area contributed by atoms with E-state index in [4.69, 9.17) is 14.5 Å². The van der Waals surface area contributed by atoms with Gasteiger partial charge in [0.05, 0.1) is 24.1 Å². The summed E-state index contributed by atoms with van der Waals surface area (Å²) >= 11 is 0. The Morgan fingerprint density at radius 1 is 1.10 bits per heavy atom. The first kappa shape index (κ1) is 18.0. The van der Waals surface area contributed by atoms with Crippen molar-refractivity contribution in [2.75, 3.05) is 13.2 Å². The molecule has 6 nitrogen and oxygen atoms in total. The number of aryl methyl sites for hydroxylation is 2. The molecule has 2 aliphatic heterocycles. The number of rotatable bonds is 0. The monoisotopic (exact) mass is 387 g/mol. The van der Waals surface area contributed by atoms with Crippen LogP contribution >= 0.6 is 0 Å². The minimum atomic E-state index is -0.566. The van der Waals surface area contributed by atoms with E-state index in [9.17, 15) is 4.79 Å². The van der Waals surface area contributed by atoms with Gasteiger partial charge < -0.3 is 9.47 Å². The Labute approximate surface area is 168 Å². The van der Waals surface area contributed by atoms with E-state index in [0.717, 1.165) is 22.6 Å². The number of benzene rings is 1. The van der Waals surface area contributed by atoms with Crippen molar-refractivity contribution in [2.24, 2.45) is 0 Å². The third-order valence-electron chi connectivity index (χ3n) is 5.54. The lowest BCUT2D eigenvalue weighted by Crippen LogP contribution is -2.31. The molecule has 3 aromatic rings. The molecule has 5 rings (SSSR count). The van der Waals surface area contributed by atoms with Crippen LogP contribution in [0.25, 0.3) is 10.9 Å². The molecular formula is C23H21N3O3. The second-order valence-electron chi connectivity index (χ2n) is 7.54. The Balaban J connectivity index is 1.51. The van der Waals surface area contributed by atoms with E-state index in [2.05, 4.69) is 16.8 Å². The van der Waals surface area contributed by atoms with Crippen LogP contribution < -0.4 is 5.56 Å². The molecule has 0 amide bonds. The van der Waals surface area contributed by atoms with Crippen LogP contribution in [0.5, 0.6) is 0 Å². The van der Waals surface area contributed by atoms with Gasteiger partial charge in [-0.25, -0.2) is 9.97 Å². The molecule has 0 radical (unpaired) electrons. The van der Waals surface area contributed by atoms with Crippen LogP contribution in [-0.4, -0.2) is 33.5 Å². The molecule has 4 heterocycles. The van der Waals surface area contributed by atoms with Crippen LogP contribution in [0.15, 0.2) is 41.3 Å². The molecule has 0 bridgehead atoms. The SMILES string of the molecule is Cc1ccnc(C#Cc2ccc3c(=O)n4c(nc3c2)CCC2(CC4)OCCO2)c1. The molecule has 1 saturated heterocycles. The maximum atomic E-state index is 13.1. The summed E-state index contributed by atoms with van der Waals surface area (Å²) in [5, 5.41) is 0.609. The molecule has 2 aliphatic rings. The summed E-state index contributed by atoms with van der Waals surface area (Å²) in [5.41, 5.74) is 3.31. The molecule has 29 heavy (non-hydrogen) atoms. The van der Waals surface area contributed by atoms with E-state index in [1.165, 1.54) is 0 Å². The Morgan fingerprint density at radius 3 is 2.79 bits per heavy atom. The van der Waals surface area contributed by atoms with Crippen LogP contribution in [0.4, 0.5) is 0 Å². The van der Waals surface area contributed by atoms with Gasteiger partial charge in [-0.3, -0.25) is 9.36 Å². The Hall–Kier alpha value is -3.01. The molecule has 0 unspecified atom stereocenters. The zero-order chi connectivity index (χ0) is 19.8. The van der Waals surface area contributed by atoms with E-state index in [1.54, 1.807) is 10.8 Å². The molecule has 1 fully saturated rings. The van der Waals surface area contributed by atoms with Crippen LogP contribution in [0.2, 0.25) is 0 Å². The van der Waals surface area contributed by atoms with Crippen molar-refractivity contribution < 1.29 is 9.47 Å². The minimum absolute atomic E-state index is 0.0140. The average molecular weight is 387 g/mol. The van der Waals surface area contributed by atoms with Gasteiger partial charge in [0, 0.05) is 37.6 Å². The van der Waals surface area contributed by atoms with Gasteiger partial charge in [-0.05, 0) is 48.7 Å². The zero-order valence-electron chi connectivity index (χ0n) is 16.3. The highest BCUT2D eigenvalue weighted by atomic mass is 16.7. The van der Waals surface area contributed by atoms with Gasteiger partial charge in [-0.1, -0.05) is 5.92 Å². The topological polar surface area (TPSA) is 66.2 Å². The molecule has 0 saturated carbocycles. The van der Waals surface area contributed by atoms with Gasteiger partial charge in [0.25, 0.3) is 5.56 Å². The molecule has 1 spiro atoms. The van der Waals surface area contributed by atoms with Gasteiger partial charge in [0.1, 0.15) is 11.5 Å². The van der Waals surface area contributed by atoms with Crippen molar-refractivity contribution in [2.45, 2.75) is 38.5 Å². The average Bonchev–Trinajstić information content (AvgIpc) is 3.11. The first-order valence-corrected chi connectivity index (χ1v) is 9.88. The van der Waals surface area contributed by atoms with Gasteiger partial charge in [-0.15, -0.1) is 0 Å². The lowest BCUT2D eigenvalue weighted by Gasteiger charge is -2.24. The molecule has 0 atom stereocenters. The van der Waals surface area contributed by atoms with Gasteiger partial charge in [0.2, 0.25) is 0 Å². The summed E-state index contributed by atoms with van der Waals surface area (Å²) in [7, 11) is 0. The fraction of sp³-hybridized carbons (Fsp3) is 0.348. The maximum absolute atomic E-state index is 13.1. The van der Waals surface area contributed by atoms with E-state index in [0.29, 0.717) is 49.9 Å². The normalized spacial score (nSPS) is 17.6. The lowest BCUT2D eigenvalue weighted by atomic mass is 10.1. The fourth-order valence-electron chi connectivity index (χ4n) is 4.00. The van der Waals surface area contributed by atoms with Crippen molar-refractivity contribution in [3.8, 4) is 11.8 Å². The number of pyridine rings is 1. The first-order valence-electron chi connectivity index (χ1n) is 9.88. The largest absolute Gasteiger partial charge is 0.347 e. The van der Waals surface area contributed by atoms with Crippen LogP contribution in [0.3, 0.4) is 0 Å². The highest BCUT2D eigenvalue weighted by molar-refractivity contribution is 5.79. The van der Waals surface area contributed by atoms with Crippen molar-refractivity contribution in [1.82, 2.24) is 14.5 Å². The van der Waals surface area contributed by atoms with Gasteiger partial charge in [0.15, 0.2) is 5.79 Å². The molecule has 0 aliphatic carbocycles. The van der Waals surface area contributed by atoms with Crippen molar-refractivity contribution in [1.29, 1.82) is 0 Å². The molecular weight excluding hydrogens is 366 g/mol. The smallest absolute Gasteiger partial charge is 0.261 e. The van der Waals surface area contributed by atoms with E-state index in [1.807, 2.05) is 37.3 Å². The molecule has 6 heteroatoms. The van der Waals surface area contributed by atoms with E-state index >= 15 is 0 Å². The molecule has 2 aromatic heterocycles. The second-order valence-corrected chi connectivity index (χ2v) is 7.54. The Kier molecular flexibility index (Phi) is 4.42. The number of ether oxygens (including phenoxy) is 2. The zero-order valence-corrected chi connectivity index (χ0v) is 16.3. The quantitative estimate of drug-likeness (QED) is 0.555. The highest BCUT2D eigenvalue weighted by Crippen LogP contribution is 2.31. The van der Waals surface area contributed by atoms with Crippen LogP contribution in [0, 0.1) is 18.8 Å². The standard InChI is InChI=1S/C23H21N3O3/c1-16-7-10-24-18(14-16)4-2-17-3-5-19-20(15-17)25-21-6-8-23(28-12-13-29-23)9-11-26(21)22(19)27/h3,5,7,10,14-15H,6,8-9,11-13H2,1H3. The first-order chi connectivity index (χ1) is 14.1. The van der Waals surface area contributed by atoms with E-state index < -0.39 is 5.79 Å². The molecule has 146 valence electrons. The minimum Gasteiger partial charge on any atom is -0.347 e. The summed E-state index contributed by atoms with van der Waals surface area (Å²) in [4.78, 5) is 22.1. The molecule has 0 N–H and O–H groups in total. The second kappa shape index (κ2) is 7.11. The number of hydrogen-bond acceptors (Lipinski definition) is 5.